The minimum absolute atomic E-state index is 0.494. The summed E-state index contributed by atoms with van der Waals surface area (Å²) in [7, 11) is 0. The lowest BCUT2D eigenvalue weighted by atomic mass is 10.3. The Kier molecular flexibility index (Phi) is 1.43. The first kappa shape index (κ1) is 6.69. The first-order valence-corrected chi connectivity index (χ1v) is 3.20. The number of benzene rings is 1. The zero-order chi connectivity index (χ0) is 8.39. The summed E-state index contributed by atoms with van der Waals surface area (Å²) in [6.07, 6.45) is 1.44. The van der Waals surface area contributed by atoms with E-state index in [1.54, 1.807) is 18.2 Å². The Balaban J connectivity index is 2.67. The van der Waals surface area contributed by atoms with E-state index in [1.165, 1.54) is 6.08 Å². The van der Waals surface area contributed by atoms with Crippen LogP contribution in [0.5, 0.6) is 0 Å². The second-order valence-electron chi connectivity index (χ2n) is 2.14. The fraction of sp³-hybridized carbons (Fsp3) is 0. The third-order valence-corrected chi connectivity index (χ3v) is 1.41. The second kappa shape index (κ2) is 2.56. The van der Waals surface area contributed by atoms with Gasteiger partial charge in [0.2, 0.25) is 6.08 Å². The molecule has 0 aliphatic carbocycles. The van der Waals surface area contributed by atoms with E-state index in [-0.39, 0.29) is 0 Å². The van der Waals surface area contributed by atoms with Gasteiger partial charge in [-0.3, -0.25) is 0 Å². The van der Waals surface area contributed by atoms with Gasteiger partial charge in [-0.1, -0.05) is 0 Å². The molecule has 5 nitrogen and oxygen atoms in total. The van der Waals surface area contributed by atoms with Gasteiger partial charge in [0.25, 0.3) is 0 Å². The maximum atomic E-state index is 9.90. The Morgan fingerprint density at radius 3 is 3.00 bits per heavy atom. The molecule has 1 aromatic heterocycles. The molecule has 0 spiro atoms. The quantitative estimate of drug-likeness (QED) is 0.465. The molecule has 1 aromatic carbocycles. The van der Waals surface area contributed by atoms with Gasteiger partial charge in [0, 0.05) is 0 Å². The van der Waals surface area contributed by atoms with Gasteiger partial charge in [0.05, 0.1) is 5.69 Å². The van der Waals surface area contributed by atoms with E-state index in [4.69, 9.17) is 0 Å². The van der Waals surface area contributed by atoms with Crippen molar-refractivity contribution in [3.05, 3.63) is 18.2 Å². The van der Waals surface area contributed by atoms with Crippen LogP contribution in [0, 0.1) is 0 Å². The molecule has 0 amide bonds. The fourth-order valence-electron chi connectivity index (χ4n) is 0.893. The molecule has 2 rings (SSSR count). The maximum absolute atomic E-state index is 9.90. The topological polar surface area (TPSA) is 68.3 Å². The molecule has 58 valence electrons. The van der Waals surface area contributed by atoms with Gasteiger partial charge < -0.3 is 0 Å². The van der Waals surface area contributed by atoms with E-state index in [0.29, 0.717) is 16.7 Å². The summed E-state index contributed by atoms with van der Waals surface area (Å²) in [5, 5.41) is 7.18. The van der Waals surface area contributed by atoms with Crippen LogP contribution in [0.3, 0.4) is 0 Å². The summed E-state index contributed by atoms with van der Waals surface area (Å²) in [5.74, 6) is 0. The Labute approximate surface area is 66.7 Å². The molecular formula is C7H3N3O2. The molecule has 0 bridgehead atoms. The zero-order valence-corrected chi connectivity index (χ0v) is 5.89. The first-order valence-electron chi connectivity index (χ1n) is 3.20. The van der Waals surface area contributed by atoms with Crippen molar-refractivity contribution < 1.29 is 9.42 Å². The predicted octanol–water partition coefficient (Wildman–Crippen LogP) is 1.19. The van der Waals surface area contributed by atoms with Crippen LogP contribution < -0.4 is 0 Å². The van der Waals surface area contributed by atoms with Crippen molar-refractivity contribution >= 4 is 22.8 Å². The number of aromatic nitrogens is 2. The Morgan fingerprint density at radius 1 is 1.33 bits per heavy atom. The molecule has 0 fully saturated rings. The zero-order valence-electron chi connectivity index (χ0n) is 5.89. The molecule has 0 atom stereocenters. The monoisotopic (exact) mass is 161 g/mol. The van der Waals surface area contributed by atoms with Crippen LogP contribution in [0.2, 0.25) is 0 Å². The average Bonchev–Trinajstić information content (AvgIpc) is 2.51. The maximum Gasteiger partial charge on any atom is 0.240 e. The van der Waals surface area contributed by atoms with E-state index < -0.39 is 0 Å². The molecule has 5 heteroatoms. The number of carbonyl (C=O) groups excluding carboxylic acids is 1. The predicted molar refractivity (Wildman–Crippen MR) is 39.6 cm³/mol. The van der Waals surface area contributed by atoms with Gasteiger partial charge in [0.15, 0.2) is 0 Å². The van der Waals surface area contributed by atoms with Crippen molar-refractivity contribution in [2.45, 2.75) is 0 Å². The van der Waals surface area contributed by atoms with E-state index in [0.717, 1.165) is 0 Å². The van der Waals surface area contributed by atoms with Gasteiger partial charge in [0.1, 0.15) is 11.0 Å². The van der Waals surface area contributed by atoms with Crippen LogP contribution in [0.4, 0.5) is 5.69 Å². The number of rotatable bonds is 1. The normalized spacial score (nSPS) is 9.67. The molecule has 1 heterocycles. The first-order chi connectivity index (χ1) is 5.90. The molecule has 0 aliphatic heterocycles. The standard InChI is InChI=1S/C7H3N3O2/c11-4-8-5-1-2-6-7(3-5)10-12-9-6/h1-3H. The summed E-state index contributed by atoms with van der Waals surface area (Å²) >= 11 is 0. The average molecular weight is 161 g/mol. The molecule has 0 aliphatic rings. The van der Waals surface area contributed by atoms with E-state index in [1.807, 2.05) is 0 Å². The highest BCUT2D eigenvalue weighted by Crippen LogP contribution is 2.17. The van der Waals surface area contributed by atoms with E-state index in [9.17, 15) is 4.79 Å². The minimum Gasteiger partial charge on any atom is -0.243 e. The number of aliphatic imine (C=N–C) groups is 1. The SMILES string of the molecule is O=C=Nc1ccc2nonc2c1. The van der Waals surface area contributed by atoms with Crippen LogP contribution in [0.1, 0.15) is 0 Å². The van der Waals surface area contributed by atoms with Gasteiger partial charge in [-0.05, 0) is 28.5 Å². The van der Waals surface area contributed by atoms with Crippen LogP contribution in [-0.2, 0) is 4.79 Å². The van der Waals surface area contributed by atoms with Crippen LogP contribution in [0.15, 0.2) is 27.8 Å². The highest BCUT2D eigenvalue weighted by molar-refractivity contribution is 5.77. The molecule has 0 radical (unpaired) electrons. The van der Waals surface area contributed by atoms with E-state index >= 15 is 0 Å². The highest BCUT2D eigenvalue weighted by Gasteiger charge is 1.99. The molecule has 2 aromatic rings. The lowest BCUT2D eigenvalue weighted by Gasteiger charge is -1.85. The highest BCUT2D eigenvalue weighted by atomic mass is 16.6. The van der Waals surface area contributed by atoms with Crippen molar-refractivity contribution in [2.75, 3.05) is 0 Å². The number of hydrogen-bond donors (Lipinski definition) is 0. The Morgan fingerprint density at radius 2 is 2.17 bits per heavy atom. The Hall–Kier alpha value is -2.00. The third-order valence-electron chi connectivity index (χ3n) is 1.41. The largest absolute Gasteiger partial charge is 0.243 e. The molecule has 12 heavy (non-hydrogen) atoms. The number of hydrogen-bond acceptors (Lipinski definition) is 5. The molecular weight excluding hydrogens is 158 g/mol. The van der Waals surface area contributed by atoms with Gasteiger partial charge in [-0.25, -0.2) is 9.42 Å². The van der Waals surface area contributed by atoms with Crippen LogP contribution >= 0.6 is 0 Å². The molecule has 0 N–H and O–H groups in total. The summed E-state index contributed by atoms with van der Waals surface area (Å²) in [6.45, 7) is 0. The van der Waals surface area contributed by atoms with Crippen molar-refractivity contribution in [3.63, 3.8) is 0 Å². The molecule has 0 saturated carbocycles. The number of nitrogens with zero attached hydrogens (tertiary/aromatic N) is 3. The third kappa shape index (κ3) is 0.980. The summed E-state index contributed by atoms with van der Waals surface area (Å²) in [5.41, 5.74) is 1.71. The van der Waals surface area contributed by atoms with E-state index in [2.05, 4.69) is 19.9 Å². The number of fused-ring (bicyclic) bond motifs is 1. The van der Waals surface area contributed by atoms with Crippen molar-refractivity contribution in [1.82, 2.24) is 10.3 Å². The fourth-order valence-corrected chi connectivity index (χ4v) is 0.893. The van der Waals surface area contributed by atoms with Crippen LogP contribution in [-0.4, -0.2) is 16.4 Å². The van der Waals surface area contributed by atoms with Crippen molar-refractivity contribution in [2.24, 2.45) is 4.99 Å². The smallest absolute Gasteiger partial charge is 0.240 e. The van der Waals surface area contributed by atoms with Gasteiger partial charge >= 0.3 is 0 Å². The Bertz CT molecular complexity index is 456. The molecule has 0 saturated heterocycles. The lowest BCUT2D eigenvalue weighted by Crippen LogP contribution is -1.68. The minimum atomic E-state index is 0.494. The van der Waals surface area contributed by atoms with Gasteiger partial charge in [-0.15, -0.1) is 0 Å². The second-order valence-corrected chi connectivity index (χ2v) is 2.14. The van der Waals surface area contributed by atoms with Gasteiger partial charge in [-0.2, -0.15) is 4.99 Å². The summed E-state index contributed by atoms with van der Waals surface area (Å²) in [4.78, 5) is 13.3. The van der Waals surface area contributed by atoms with Crippen LogP contribution in [0.25, 0.3) is 11.0 Å². The van der Waals surface area contributed by atoms with Crippen molar-refractivity contribution in [1.29, 1.82) is 0 Å². The van der Waals surface area contributed by atoms with Crippen molar-refractivity contribution in [3.8, 4) is 0 Å². The summed E-state index contributed by atoms with van der Waals surface area (Å²) < 4.78 is 4.46. The molecule has 0 unspecified atom stereocenters. The summed E-state index contributed by atoms with van der Waals surface area (Å²) in [6, 6.07) is 4.90. The lowest BCUT2D eigenvalue weighted by molar-refractivity contribution is 0.315. The number of isocyanates is 1.